The van der Waals surface area contributed by atoms with Gasteiger partial charge in [0.1, 0.15) is 0 Å². The van der Waals surface area contributed by atoms with Gasteiger partial charge >= 0.3 is 0 Å². The molecule has 2 N–H and O–H groups in total. The first-order chi connectivity index (χ1) is 11.8. The Morgan fingerprint density at radius 2 is 1.92 bits per heavy atom. The summed E-state index contributed by atoms with van der Waals surface area (Å²) in [7, 11) is 3.82. The van der Waals surface area contributed by atoms with E-state index >= 15 is 0 Å². The van der Waals surface area contributed by atoms with Gasteiger partial charge in [0.25, 0.3) is 11.6 Å². The van der Waals surface area contributed by atoms with Crippen molar-refractivity contribution in [3.63, 3.8) is 0 Å². The highest BCUT2D eigenvalue weighted by molar-refractivity contribution is 6.33. The molecule has 2 rings (SSSR count). The van der Waals surface area contributed by atoms with Gasteiger partial charge in [0, 0.05) is 38.5 Å². The highest BCUT2D eigenvalue weighted by atomic mass is 35.5. The number of halogens is 1. The van der Waals surface area contributed by atoms with Crippen LogP contribution in [-0.4, -0.2) is 36.6 Å². The van der Waals surface area contributed by atoms with Gasteiger partial charge in [0.2, 0.25) is 0 Å². The molecule has 0 bridgehead atoms. The highest BCUT2D eigenvalue weighted by Crippen LogP contribution is 2.22. The van der Waals surface area contributed by atoms with Gasteiger partial charge < -0.3 is 15.3 Å². The molecular formula is C17H18ClN3O4. The third kappa shape index (κ3) is 4.68. The molecule has 0 saturated carbocycles. The van der Waals surface area contributed by atoms with Crippen LogP contribution in [0, 0.1) is 10.1 Å². The van der Waals surface area contributed by atoms with Crippen LogP contribution in [0.2, 0.25) is 5.02 Å². The number of benzene rings is 2. The van der Waals surface area contributed by atoms with Crippen LogP contribution in [0.1, 0.15) is 22.0 Å². The van der Waals surface area contributed by atoms with E-state index in [-0.39, 0.29) is 22.8 Å². The van der Waals surface area contributed by atoms with E-state index in [0.29, 0.717) is 5.56 Å². The van der Waals surface area contributed by atoms with Crippen molar-refractivity contribution in [3.05, 3.63) is 68.7 Å². The summed E-state index contributed by atoms with van der Waals surface area (Å²) in [6.07, 6.45) is -0.905. The number of carbonyl (C=O) groups excluding carboxylic acids is 1. The first-order valence-electron chi connectivity index (χ1n) is 7.47. The molecule has 0 aliphatic rings. The van der Waals surface area contributed by atoms with Gasteiger partial charge in [0.05, 0.1) is 21.6 Å². The summed E-state index contributed by atoms with van der Waals surface area (Å²) in [5.41, 5.74) is 1.40. The van der Waals surface area contributed by atoms with Crippen LogP contribution < -0.4 is 10.2 Å². The first-order valence-corrected chi connectivity index (χ1v) is 7.85. The number of aliphatic hydroxyl groups is 1. The molecule has 8 heteroatoms. The predicted molar refractivity (Wildman–Crippen MR) is 96.2 cm³/mol. The number of nitrogens with zero attached hydrogens (tertiary/aromatic N) is 2. The van der Waals surface area contributed by atoms with Gasteiger partial charge in [-0.1, -0.05) is 23.7 Å². The van der Waals surface area contributed by atoms with Crippen LogP contribution in [0.15, 0.2) is 42.5 Å². The minimum Gasteiger partial charge on any atom is -0.387 e. The summed E-state index contributed by atoms with van der Waals surface area (Å²) in [5.74, 6) is -0.585. The number of nitro groups is 1. The fourth-order valence-electron chi connectivity index (χ4n) is 2.20. The molecule has 0 spiro atoms. The highest BCUT2D eigenvalue weighted by Gasteiger charge is 2.17. The normalized spacial score (nSPS) is 11.7. The van der Waals surface area contributed by atoms with Gasteiger partial charge in [0.15, 0.2) is 0 Å². The second-order valence-corrected chi connectivity index (χ2v) is 6.04. The van der Waals surface area contributed by atoms with Crippen molar-refractivity contribution in [2.45, 2.75) is 6.10 Å². The quantitative estimate of drug-likeness (QED) is 0.607. The lowest BCUT2D eigenvalue weighted by atomic mass is 10.1. The summed E-state index contributed by atoms with van der Waals surface area (Å²) in [6, 6.07) is 10.9. The number of hydrogen-bond donors (Lipinski definition) is 2. The summed E-state index contributed by atoms with van der Waals surface area (Å²) < 4.78 is 0. The maximum Gasteiger partial charge on any atom is 0.270 e. The maximum absolute atomic E-state index is 12.2. The maximum atomic E-state index is 12.2. The predicted octanol–water partition coefficient (Wildman–Crippen LogP) is 2.78. The third-order valence-corrected chi connectivity index (χ3v) is 3.99. The third-order valence-electron chi connectivity index (χ3n) is 3.66. The van der Waals surface area contributed by atoms with Crippen molar-refractivity contribution >= 4 is 28.9 Å². The summed E-state index contributed by atoms with van der Waals surface area (Å²) >= 11 is 5.92. The fraction of sp³-hybridized carbons (Fsp3) is 0.235. The van der Waals surface area contributed by atoms with Crippen LogP contribution in [-0.2, 0) is 0 Å². The van der Waals surface area contributed by atoms with E-state index in [1.807, 2.05) is 31.1 Å². The SMILES string of the molecule is CN(C)c1ccc(C(O)CNC(=O)c2cc([N+](=O)[O-])ccc2Cl)cc1. The molecule has 0 aliphatic heterocycles. The molecule has 0 radical (unpaired) electrons. The Bertz CT molecular complexity index is 778. The molecule has 7 nitrogen and oxygen atoms in total. The molecule has 0 aromatic heterocycles. The average Bonchev–Trinajstić information content (AvgIpc) is 2.59. The lowest BCUT2D eigenvalue weighted by Crippen LogP contribution is -2.28. The van der Waals surface area contributed by atoms with Crippen molar-refractivity contribution in [1.82, 2.24) is 5.32 Å². The van der Waals surface area contributed by atoms with Crippen molar-refractivity contribution in [2.24, 2.45) is 0 Å². The number of anilines is 1. The van der Waals surface area contributed by atoms with Crippen LogP contribution in [0.4, 0.5) is 11.4 Å². The van der Waals surface area contributed by atoms with E-state index in [1.54, 1.807) is 12.1 Å². The summed E-state index contributed by atoms with van der Waals surface area (Å²) in [6.45, 7) is -0.0425. The van der Waals surface area contributed by atoms with Crippen LogP contribution in [0.3, 0.4) is 0 Å². The topological polar surface area (TPSA) is 95.7 Å². The number of amides is 1. The van der Waals surface area contributed by atoms with E-state index in [4.69, 9.17) is 11.6 Å². The Morgan fingerprint density at radius 1 is 1.28 bits per heavy atom. The molecule has 0 heterocycles. The minimum absolute atomic E-state index is 0.00831. The Balaban J connectivity index is 2.04. The van der Waals surface area contributed by atoms with Crippen molar-refractivity contribution < 1.29 is 14.8 Å². The summed E-state index contributed by atoms with van der Waals surface area (Å²) in [4.78, 5) is 24.3. The van der Waals surface area contributed by atoms with Gasteiger partial charge in [-0.15, -0.1) is 0 Å². The zero-order valence-corrected chi connectivity index (χ0v) is 14.5. The second-order valence-electron chi connectivity index (χ2n) is 5.63. The lowest BCUT2D eigenvalue weighted by molar-refractivity contribution is -0.384. The lowest BCUT2D eigenvalue weighted by Gasteiger charge is -2.16. The van der Waals surface area contributed by atoms with Gasteiger partial charge in [-0.2, -0.15) is 0 Å². The van der Waals surface area contributed by atoms with E-state index in [1.165, 1.54) is 12.1 Å². The van der Waals surface area contributed by atoms with Crippen LogP contribution in [0.5, 0.6) is 0 Å². The molecule has 0 saturated heterocycles. The standard InChI is InChI=1S/C17H18ClN3O4/c1-20(2)12-5-3-11(4-6-12)16(22)10-19-17(23)14-9-13(21(24)25)7-8-15(14)18/h3-9,16,22H,10H2,1-2H3,(H,19,23). The van der Waals surface area contributed by atoms with Crippen molar-refractivity contribution in [2.75, 3.05) is 25.5 Å². The molecule has 2 aromatic carbocycles. The Kier molecular flexibility index (Phi) is 5.95. The van der Waals surface area contributed by atoms with E-state index < -0.39 is 16.9 Å². The molecule has 25 heavy (non-hydrogen) atoms. The Morgan fingerprint density at radius 3 is 2.48 bits per heavy atom. The monoisotopic (exact) mass is 363 g/mol. The molecule has 0 fully saturated rings. The largest absolute Gasteiger partial charge is 0.387 e. The number of rotatable bonds is 6. The Labute approximate surface area is 150 Å². The smallest absolute Gasteiger partial charge is 0.270 e. The number of carbonyl (C=O) groups is 1. The molecule has 2 aromatic rings. The van der Waals surface area contributed by atoms with Gasteiger partial charge in [-0.25, -0.2) is 0 Å². The number of nitrogens with one attached hydrogen (secondary N) is 1. The second kappa shape index (κ2) is 7.96. The molecular weight excluding hydrogens is 346 g/mol. The number of nitro benzene ring substituents is 1. The number of hydrogen-bond acceptors (Lipinski definition) is 5. The molecule has 132 valence electrons. The zero-order chi connectivity index (χ0) is 18.6. The summed E-state index contributed by atoms with van der Waals surface area (Å²) in [5, 5.41) is 23.6. The molecule has 0 aliphatic carbocycles. The molecule has 1 atom stereocenters. The molecule has 1 unspecified atom stereocenters. The molecule has 1 amide bonds. The zero-order valence-electron chi connectivity index (χ0n) is 13.8. The van der Waals surface area contributed by atoms with Gasteiger partial charge in [-0.05, 0) is 23.8 Å². The van der Waals surface area contributed by atoms with Crippen LogP contribution >= 0.6 is 11.6 Å². The number of aliphatic hydroxyl groups excluding tert-OH is 1. The van der Waals surface area contributed by atoms with Gasteiger partial charge in [-0.3, -0.25) is 14.9 Å². The minimum atomic E-state index is -0.905. The Hall–Kier alpha value is -2.64. The van der Waals surface area contributed by atoms with Crippen molar-refractivity contribution in [1.29, 1.82) is 0 Å². The fourth-order valence-corrected chi connectivity index (χ4v) is 2.40. The van der Waals surface area contributed by atoms with E-state index in [9.17, 15) is 20.0 Å². The van der Waals surface area contributed by atoms with Crippen molar-refractivity contribution in [3.8, 4) is 0 Å². The number of non-ortho nitro benzene ring substituents is 1. The first kappa shape index (κ1) is 18.7. The van der Waals surface area contributed by atoms with E-state index in [2.05, 4.69) is 5.32 Å². The average molecular weight is 364 g/mol. The van der Waals surface area contributed by atoms with Crippen LogP contribution in [0.25, 0.3) is 0 Å². The van der Waals surface area contributed by atoms with E-state index in [0.717, 1.165) is 11.8 Å².